The lowest BCUT2D eigenvalue weighted by Gasteiger charge is -2.14. The van der Waals surface area contributed by atoms with Gasteiger partial charge in [-0.05, 0) is 71.0 Å². The fourth-order valence-corrected chi connectivity index (χ4v) is 4.97. The van der Waals surface area contributed by atoms with Crippen LogP contribution in [0.5, 0.6) is 17.2 Å². The average Bonchev–Trinajstić information content (AvgIpc) is 2.99. The molecule has 0 saturated carbocycles. The fraction of sp³-hybridized carbons (Fsp3) is 0.217. The smallest absolute Gasteiger partial charge is 0.266 e. The van der Waals surface area contributed by atoms with Gasteiger partial charge in [-0.1, -0.05) is 42.2 Å². The second-order valence-corrected chi connectivity index (χ2v) is 9.47. The van der Waals surface area contributed by atoms with Crippen molar-refractivity contribution in [2.24, 2.45) is 0 Å². The largest absolute Gasteiger partial charge is 0.493 e. The average molecular weight is 567 g/mol. The van der Waals surface area contributed by atoms with Gasteiger partial charge in [0.05, 0.1) is 15.6 Å². The first-order valence-corrected chi connectivity index (χ1v) is 11.8. The summed E-state index contributed by atoms with van der Waals surface area (Å²) in [6.45, 7) is 6.89. The van der Waals surface area contributed by atoms with E-state index >= 15 is 0 Å². The first-order chi connectivity index (χ1) is 14.9. The molecule has 0 bridgehead atoms. The first-order valence-electron chi connectivity index (χ1n) is 9.49. The minimum absolute atomic E-state index is 0.113. The maximum Gasteiger partial charge on any atom is 0.266 e. The van der Waals surface area contributed by atoms with E-state index in [0.717, 1.165) is 20.4 Å². The summed E-state index contributed by atoms with van der Waals surface area (Å²) in [4.78, 5) is 14.7. The number of aryl methyl sites for hydroxylation is 1. The third-order valence-electron chi connectivity index (χ3n) is 4.32. The number of thioether (sulfide) groups is 1. The van der Waals surface area contributed by atoms with E-state index in [1.807, 2.05) is 49.4 Å². The van der Waals surface area contributed by atoms with Gasteiger partial charge < -0.3 is 14.2 Å². The predicted octanol–water partition coefficient (Wildman–Crippen LogP) is 5.45. The quantitative estimate of drug-likeness (QED) is 0.132. The van der Waals surface area contributed by atoms with Crippen molar-refractivity contribution in [1.29, 1.82) is 0 Å². The topological polar surface area (TPSA) is 48.0 Å². The molecule has 1 aliphatic heterocycles. The van der Waals surface area contributed by atoms with Crippen LogP contribution in [0, 0.1) is 10.5 Å². The van der Waals surface area contributed by atoms with Gasteiger partial charge in [-0.25, -0.2) is 0 Å². The van der Waals surface area contributed by atoms with Crippen LogP contribution in [0.25, 0.3) is 6.08 Å². The highest BCUT2D eigenvalue weighted by molar-refractivity contribution is 14.1. The third kappa shape index (κ3) is 6.02. The number of hydrogen-bond acceptors (Lipinski definition) is 6. The second-order valence-electron chi connectivity index (χ2n) is 6.63. The molecule has 5 nitrogen and oxygen atoms in total. The summed E-state index contributed by atoms with van der Waals surface area (Å²) in [6.07, 6.45) is 3.48. The zero-order valence-electron chi connectivity index (χ0n) is 17.2. The van der Waals surface area contributed by atoms with Crippen LogP contribution in [-0.2, 0) is 4.79 Å². The predicted molar refractivity (Wildman–Crippen MR) is 138 cm³/mol. The highest BCUT2D eigenvalue weighted by atomic mass is 127. The van der Waals surface area contributed by atoms with Crippen LogP contribution >= 0.6 is 46.6 Å². The number of methoxy groups -OCH3 is 1. The Hall–Kier alpha value is -2.04. The molecule has 1 saturated heterocycles. The van der Waals surface area contributed by atoms with Crippen LogP contribution in [0.2, 0.25) is 0 Å². The van der Waals surface area contributed by atoms with E-state index in [0.29, 0.717) is 40.5 Å². The summed E-state index contributed by atoms with van der Waals surface area (Å²) in [5.74, 6) is 1.94. The van der Waals surface area contributed by atoms with E-state index in [1.165, 1.54) is 16.7 Å². The van der Waals surface area contributed by atoms with Crippen LogP contribution < -0.4 is 14.2 Å². The van der Waals surface area contributed by atoms with E-state index in [4.69, 9.17) is 26.4 Å². The number of carbonyl (C=O) groups is 1. The number of carbonyl (C=O) groups excluding carboxylic acids is 1. The highest BCUT2D eigenvalue weighted by Gasteiger charge is 2.31. The summed E-state index contributed by atoms with van der Waals surface area (Å²) >= 11 is 8.78. The van der Waals surface area contributed by atoms with Gasteiger partial charge in [0.15, 0.2) is 11.5 Å². The number of rotatable bonds is 9. The van der Waals surface area contributed by atoms with Gasteiger partial charge in [-0.15, -0.1) is 6.58 Å². The number of ether oxygens (including phenoxy) is 3. The van der Waals surface area contributed by atoms with Crippen molar-refractivity contribution in [1.82, 2.24) is 4.90 Å². The Labute approximate surface area is 205 Å². The summed E-state index contributed by atoms with van der Waals surface area (Å²) in [7, 11) is 1.59. The molecule has 1 aliphatic rings. The lowest BCUT2D eigenvalue weighted by atomic mass is 10.2. The standard InChI is InChI=1S/C23H22INO4S2/c1-4-8-25-22(26)20(31-23(25)30)14-16-12-18(24)21(19(13-16)27-3)29-10-9-28-17-7-5-6-15(2)11-17/h4-7,11-14H,1,8-10H2,2-3H3/b20-14-. The molecule has 0 atom stereocenters. The van der Waals surface area contributed by atoms with E-state index in [1.54, 1.807) is 13.2 Å². The Balaban J connectivity index is 1.69. The molecular formula is C23H22INO4S2. The molecule has 1 amide bonds. The van der Waals surface area contributed by atoms with Gasteiger partial charge in [0.25, 0.3) is 5.91 Å². The number of thiocarbonyl (C=S) groups is 1. The molecule has 2 aromatic carbocycles. The SMILES string of the molecule is C=CCN1C(=O)/C(=C/c2cc(I)c(OCCOc3cccc(C)c3)c(OC)c2)SC1=S. The van der Waals surface area contributed by atoms with Crippen molar-refractivity contribution in [2.45, 2.75) is 6.92 Å². The van der Waals surface area contributed by atoms with E-state index in [9.17, 15) is 4.79 Å². The van der Waals surface area contributed by atoms with Crippen molar-refractivity contribution in [3.63, 3.8) is 0 Å². The monoisotopic (exact) mass is 567 g/mol. The molecule has 0 spiro atoms. The Morgan fingerprint density at radius 1 is 1.23 bits per heavy atom. The number of hydrogen-bond donors (Lipinski definition) is 0. The summed E-state index contributed by atoms with van der Waals surface area (Å²) < 4.78 is 18.6. The molecule has 0 radical (unpaired) electrons. The molecule has 8 heteroatoms. The third-order valence-corrected chi connectivity index (χ3v) is 6.50. The molecule has 3 rings (SSSR count). The lowest BCUT2D eigenvalue weighted by molar-refractivity contribution is -0.121. The molecular weight excluding hydrogens is 545 g/mol. The van der Waals surface area contributed by atoms with Gasteiger partial charge in [-0.3, -0.25) is 9.69 Å². The maximum atomic E-state index is 12.6. The van der Waals surface area contributed by atoms with Gasteiger partial charge in [0.2, 0.25) is 0 Å². The maximum absolute atomic E-state index is 12.6. The van der Waals surface area contributed by atoms with Gasteiger partial charge in [-0.2, -0.15) is 0 Å². The minimum Gasteiger partial charge on any atom is -0.493 e. The molecule has 0 unspecified atom stereocenters. The summed E-state index contributed by atoms with van der Waals surface area (Å²) in [5.41, 5.74) is 1.98. The molecule has 2 aromatic rings. The number of amides is 1. The fourth-order valence-electron chi connectivity index (χ4n) is 2.91. The molecule has 1 fully saturated rings. The van der Waals surface area contributed by atoms with E-state index in [-0.39, 0.29) is 5.91 Å². The lowest BCUT2D eigenvalue weighted by Crippen LogP contribution is -2.27. The Morgan fingerprint density at radius 3 is 2.71 bits per heavy atom. The normalized spacial score (nSPS) is 14.8. The Bertz CT molecular complexity index is 1040. The molecule has 31 heavy (non-hydrogen) atoms. The second kappa shape index (κ2) is 11.0. The van der Waals surface area contributed by atoms with Gasteiger partial charge in [0.1, 0.15) is 23.3 Å². The summed E-state index contributed by atoms with van der Waals surface area (Å²) in [5, 5.41) is 0. The van der Waals surface area contributed by atoms with Crippen LogP contribution in [0.15, 0.2) is 54.0 Å². The van der Waals surface area contributed by atoms with E-state index < -0.39 is 0 Å². The first kappa shape index (κ1) is 23.6. The van der Waals surface area contributed by atoms with Crippen molar-refractivity contribution in [3.8, 4) is 17.2 Å². The molecule has 0 N–H and O–H groups in total. The van der Waals surface area contributed by atoms with E-state index in [2.05, 4.69) is 29.2 Å². The van der Waals surface area contributed by atoms with Gasteiger partial charge >= 0.3 is 0 Å². The van der Waals surface area contributed by atoms with Crippen LogP contribution in [-0.4, -0.2) is 42.0 Å². The molecule has 1 heterocycles. The Kier molecular flexibility index (Phi) is 8.39. The van der Waals surface area contributed by atoms with Crippen LogP contribution in [0.3, 0.4) is 0 Å². The molecule has 0 aliphatic carbocycles. The van der Waals surface area contributed by atoms with Crippen molar-refractivity contribution in [2.75, 3.05) is 26.9 Å². The zero-order chi connectivity index (χ0) is 22.4. The van der Waals surface area contributed by atoms with Gasteiger partial charge in [0, 0.05) is 6.54 Å². The summed E-state index contributed by atoms with van der Waals surface area (Å²) in [6, 6.07) is 11.7. The number of benzene rings is 2. The molecule has 0 aromatic heterocycles. The Morgan fingerprint density at radius 2 is 2.00 bits per heavy atom. The van der Waals surface area contributed by atoms with Crippen LogP contribution in [0.4, 0.5) is 0 Å². The highest BCUT2D eigenvalue weighted by Crippen LogP contribution is 2.37. The number of halogens is 1. The molecule has 162 valence electrons. The number of nitrogens with zero attached hydrogens (tertiary/aromatic N) is 1. The zero-order valence-corrected chi connectivity index (χ0v) is 21.0. The van der Waals surface area contributed by atoms with Crippen molar-refractivity contribution in [3.05, 3.63) is 68.7 Å². The minimum atomic E-state index is -0.113. The van der Waals surface area contributed by atoms with Crippen molar-refractivity contribution >= 4 is 62.9 Å². The van der Waals surface area contributed by atoms with Crippen molar-refractivity contribution < 1.29 is 19.0 Å². The van der Waals surface area contributed by atoms with Crippen LogP contribution in [0.1, 0.15) is 11.1 Å².